The highest BCUT2D eigenvalue weighted by atomic mass is 35.5. The predicted octanol–water partition coefficient (Wildman–Crippen LogP) is 2.04. The van der Waals surface area contributed by atoms with Crippen molar-refractivity contribution in [2.75, 3.05) is 6.54 Å². The van der Waals surface area contributed by atoms with Crippen LogP contribution in [-0.2, 0) is 9.31 Å². The average molecular weight is 272 g/mol. The number of halogens is 1. The molecule has 18 heavy (non-hydrogen) atoms. The first-order chi connectivity index (χ1) is 8.16. The molecule has 1 N–H and O–H groups in total. The standard InChI is InChI=1S/C13H22BNO2.ClH/c1-13(2)8-6-9(13)12-10(7-8)16-14(17-12)11-4-3-5-15-11;/h8-12,15H,3-7H2,1-2H3;1H/t8-,9+,10+,11?,12-;/m0./s1. The second-order valence-electron chi connectivity index (χ2n) is 6.94. The van der Waals surface area contributed by atoms with E-state index >= 15 is 0 Å². The van der Waals surface area contributed by atoms with Crippen LogP contribution in [0.3, 0.4) is 0 Å². The van der Waals surface area contributed by atoms with Crippen LogP contribution in [0.2, 0.25) is 0 Å². The topological polar surface area (TPSA) is 30.5 Å². The maximum absolute atomic E-state index is 6.25. The zero-order valence-corrected chi connectivity index (χ0v) is 12.0. The van der Waals surface area contributed by atoms with Gasteiger partial charge >= 0.3 is 7.12 Å². The number of nitrogens with one attached hydrogen (secondary N) is 1. The average Bonchev–Trinajstić information content (AvgIpc) is 2.96. The van der Waals surface area contributed by atoms with E-state index in [1.165, 1.54) is 25.7 Å². The summed E-state index contributed by atoms with van der Waals surface area (Å²) in [5.41, 5.74) is 0.489. The van der Waals surface area contributed by atoms with Gasteiger partial charge in [0, 0.05) is 5.94 Å². The Kier molecular flexibility index (Phi) is 3.21. The Hall–Kier alpha value is 0.235. The molecule has 3 nitrogen and oxygen atoms in total. The summed E-state index contributed by atoms with van der Waals surface area (Å²) in [5, 5.41) is 3.51. The minimum Gasteiger partial charge on any atom is -0.405 e. The van der Waals surface area contributed by atoms with Crippen LogP contribution in [0.4, 0.5) is 0 Å². The molecular weight excluding hydrogens is 248 g/mol. The van der Waals surface area contributed by atoms with Gasteiger partial charge in [0.25, 0.3) is 0 Å². The second-order valence-corrected chi connectivity index (χ2v) is 6.94. The zero-order chi connectivity index (χ0) is 11.6. The van der Waals surface area contributed by atoms with Gasteiger partial charge in [-0.2, -0.15) is 0 Å². The molecule has 3 aliphatic carbocycles. The molecule has 5 rings (SSSR count). The summed E-state index contributed by atoms with van der Waals surface area (Å²) in [6, 6.07) is 0. The van der Waals surface area contributed by atoms with Crippen LogP contribution in [0, 0.1) is 17.3 Å². The van der Waals surface area contributed by atoms with Gasteiger partial charge in [0.15, 0.2) is 0 Å². The Morgan fingerprint density at radius 2 is 2.06 bits per heavy atom. The molecule has 5 heteroatoms. The van der Waals surface area contributed by atoms with Crippen molar-refractivity contribution >= 4 is 19.5 Å². The van der Waals surface area contributed by atoms with Gasteiger partial charge in [0.1, 0.15) is 0 Å². The van der Waals surface area contributed by atoms with Gasteiger partial charge in [-0.1, -0.05) is 13.8 Å². The summed E-state index contributed by atoms with van der Waals surface area (Å²) in [7, 11) is 0.0302. The van der Waals surface area contributed by atoms with Gasteiger partial charge in [0.2, 0.25) is 0 Å². The van der Waals surface area contributed by atoms with E-state index in [4.69, 9.17) is 9.31 Å². The Balaban J connectivity index is 0.000001000. The lowest BCUT2D eigenvalue weighted by Gasteiger charge is -2.60. The minimum atomic E-state index is 0. The fraction of sp³-hybridized carbons (Fsp3) is 1.00. The first-order valence-corrected chi connectivity index (χ1v) is 7.20. The van der Waals surface area contributed by atoms with Gasteiger partial charge in [-0.25, -0.2) is 0 Å². The van der Waals surface area contributed by atoms with Crippen LogP contribution in [0.15, 0.2) is 0 Å². The van der Waals surface area contributed by atoms with Crippen LogP contribution in [0.25, 0.3) is 0 Å². The number of hydrogen-bond acceptors (Lipinski definition) is 3. The fourth-order valence-electron chi connectivity index (χ4n) is 4.50. The molecule has 5 aliphatic rings. The third-order valence-electron chi connectivity index (χ3n) is 5.85. The Bertz CT molecular complexity index is 335. The van der Waals surface area contributed by atoms with E-state index in [1.54, 1.807) is 0 Å². The normalized spacial score (nSPS) is 48.3. The lowest BCUT2D eigenvalue weighted by molar-refractivity contribution is -0.150. The molecule has 5 atom stereocenters. The maximum atomic E-state index is 6.25. The van der Waals surface area contributed by atoms with Crippen molar-refractivity contribution in [3.05, 3.63) is 0 Å². The zero-order valence-electron chi connectivity index (χ0n) is 11.2. The summed E-state index contributed by atoms with van der Waals surface area (Å²) < 4.78 is 12.4. The van der Waals surface area contributed by atoms with Crippen molar-refractivity contribution in [2.45, 2.75) is 57.7 Å². The largest absolute Gasteiger partial charge is 0.475 e. The molecule has 5 fully saturated rings. The van der Waals surface area contributed by atoms with Crippen LogP contribution in [0.1, 0.15) is 39.5 Å². The van der Waals surface area contributed by atoms with Crippen LogP contribution < -0.4 is 5.32 Å². The second kappa shape index (κ2) is 4.37. The lowest BCUT2D eigenvalue weighted by Crippen LogP contribution is -2.59. The van der Waals surface area contributed by atoms with Crippen molar-refractivity contribution in [3.63, 3.8) is 0 Å². The van der Waals surface area contributed by atoms with Gasteiger partial charge in [0.05, 0.1) is 12.2 Å². The molecule has 0 radical (unpaired) electrons. The van der Waals surface area contributed by atoms with Gasteiger partial charge < -0.3 is 14.6 Å². The lowest BCUT2D eigenvalue weighted by atomic mass is 9.47. The van der Waals surface area contributed by atoms with Crippen molar-refractivity contribution in [1.82, 2.24) is 5.32 Å². The summed E-state index contributed by atoms with van der Waals surface area (Å²) in [5.74, 6) is 2.05. The third kappa shape index (κ3) is 1.69. The Labute approximate surface area is 116 Å². The van der Waals surface area contributed by atoms with E-state index in [9.17, 15) is 0 Å². The van der Waals surface area contributed by atoms with E-state index in [-0.39, 0.29) is 19.5 Å². The first-order valence-electron chi connectivity index (χ1n) is 7.20. The van der Waals surface area contributed by atoms with E-state index in [0.717, 1.165) is 18.4 Å². The van der Waals surface area contributed by atoms with E-state index < -0.39 is 0 Å². The summed E-state index contributed by atoms with van der Waals surface area (Å²) in [6.45, 7) is 5.94. The van der Waals surface area contributed by atoms with Crippen LogP contribution in [-0.4, -0.2) is 31.8 Å². The SMILES string of the molecule is CC1(C)[C@H]2C[C@@H]1[C@@H]1OB(C3CCCN3)O[C@@H]1C2.Cl. The predicted molar refractivity (Wildman–Crippen MR) is 73.8 cm³/mol. The maximum Gasteiger partial charge on any atom is 0.475 e. The fourth-order valence-corrected chi connectivity index (χ4v) is 4.50. The molecule has 2 saturated heterocycles. The van der Waals surface area contributed by atoms with Crippen molar-refractivity contribution in [3.8, 4) is 0 Å². The van der Waals surface area contributed by atoms with Gasteiger partial charge in [-0.05, 0) is 49.5 Å². The molecule has 3 saturated carbocycles. The summed E-state index contributed by atoms with van der Waals surface area (Å²) in [6.07, 6.45) is 5.82. The highest BCUT2D eigenvalue weighted by molar-refractivity contribution is 6.47. The van der Waals surface area contributed by atoms with E-state index in [1.807, 2.05) is 0 Å². The highest BCUT2D eigenvalue weighted by Gasteiger charge is 2.62. The third-order valence-corrected chi connectivity index (χ3v) is 5.85. The Morgan fingerprint density at radius 1 is 1.22 bits per heavy atom. The monoisotopic (exact) mass is 271 g/mol. The molecule has 2 heterocycles. The summed E-state index contributed by atoms with van der Waals surface area (Å²) >= 11 is 0. The molecule has 102 valence electrons. The van der Waals surface area contributed by atoms with Gasteiger partial charge in [-0.15, -0.1) is 12.4 Å². The molecule has 2 aliphatic heterocycles. The van der Waals surface area contributed by atoms with Crippen LogP contribution in [0.5, 0.6) is 0 Å². The van der Waals surface area contributed by atoms with Crippen LogP contribution >= 0.6 is 12.4 Å². The number of hydrogen-bond donors (Lipinski definition) is 1. The molecule has 0 spiro atoms. The molecule has 0 aromatic carbocycles. The number of rotatable bonds is 1. The molecule has 2 bridgehead atoms. The first kappa shape index (κ1) is 13.2. The quantitative estimate of drug-likeness (QED) is 0.741. The van der Waals surface area contributed by atoms with E-state index in [0.29, 0.717) is 23.6 Å². The molecule has 0 aromatic heterocycles. The smallest absolute Gasteiger partial charge is 0.405 e. The molecule has 0 amide bonds. The molecule has 1 unspecified atom stereocenters. The molecular formula is C13H23BClNO2. The minimum absolute atomic E-state index is 0. The molecule has 0 aromatic rings. The van der Waals surface area contributed by atoms with Crippen molar-refractivity contribution in [2.24, 2.45) is 17.3 Å². The van der Waals surface area contributed by atoms with Crippen molar-refractivity contribution in [1.29, 1.82) is 0 Å². The van der Waals surface area contributed by atoms with Gasteiger partial charge in [-0.3, -0.25) is 0 Å². The summed E-state index contributed by atoms with van der Waals surface area (Å²) in [4.78, 5) is 0. The van der Waals surface area contributed by atoms with Crippen molar-refractivity contribution < 1.29 is 9.31 Å². The van der Waals surface area contributed by atoms with E-state index in [2.05, 4.69) is 19.2 Å². The Morgan fingerprint density at radius 3 is 2.72 bits per heavy atom. The highest BCUT2D eigenvalue weighted by Crippen LogP contribution is 2.61.